The van der Waals surface area contributed by atoms with Gasteiger partial charge in [-0.15, -0.1) is 10.2 Å². The van der Waals surface area contributed by atoms with Crippen LogP contribution in [0, 0.1) is 11.6 Å². The fourth-order valence-corrected chi connectivity index (χ4v) is 2.47. The van der Waals surface area contributed by atoms with Crippen molar-refractivity contribution >= 4 is 22.4 Å². The van der Waals surface area contributed by atoms with Crippen LogP contribution >= 0.6 is 11.3 Å². The minimum atomic E-state index is -1.20. The van der Waals surface area contributed by atoms with Crippen LogP contribution in [0.15, 0.2) is 42.7 Å². The van der Waals surface area contributed by atoms with Crippen molar-refractivity contribution in [3.05, 3.63) is 59.9 Å². The van der Waals surface area contributed by atoms with Gasteiger partial charge in [-0.05, 0) is 24.3 Å². The van der Waals surface area contributed by atoms with E-state index in [1.165, 1.54) is 12.1 Å². The Morgan fingerprint density at radius 3 is 2.64 bits per heavy atom. The Kier molecular flexibility index (Phi) is 3.84. The maximum atomic E-state index is 13.5. The summed E-state index contributed by atoms with van der Waals surface area (Å²) in [5.41, 5.74) is 0.408. The topological polar surface area (TPSA) is 67.8 Å². The molecule has 1 amide bonds. The molecule has 0 atom stereocenters. The average Bonchev–Trinajstić information content (AvgIpc) is 2.99. The fourth-order valence-electron chi connectivity index (χ4n) is 1.73. The maximum absolute atomic E-state index is 13.5. The minimum absolute atomic E-state index is 0.195. The zero-order chi connectivity index (χ0) is 15.5. The van der Waals surface area contributed by atoms with Crippen molar-refractivity contribution in [1.29, 1.82) is 0 Å². The lowest BCUT2D eigenvalue weighted by atomic mass is 10.2. The van der Waals surface area contributed by atoms with Crippen LogP contribution in [0.3, 0.4) is 0 Å². The molecular formula is C14H8F2N4OS. The van der Waals surface area contributed by atoms with Gasteiger partial charge in [0, 0.05) is 18.0 Å². The molecule has 22 heavy (non-hydrogen) atoms. The second kappa shape index (κ2) is 5.94. The molecule has 0 unspecified atom stereocenters. The normalized spacial score (nSPS) is 10.5. The highest BCUT2D eigenvalue weighted by molar-refractivity contribution is 7.18. The van der Waals surface area contributed by atoms with Crippen LogP contribution in [-0.2, 0) is 0 Å². The van der Waals surface area contributed by atoms with Crippen LogP contribution in [0.25, 0.3) is 10.6 Å². The molecule has 1 aromatic carbocycles. The lowest BCUT2D eigenvalue weighted by Crippen LogP contribution is -2.14. The number of hydrogen-bond donors (Lipinski definition) is 1. The molecule has 0 saturated carbocycles. The summed E-state index contributed by atoms with van der Waals surface area (Å²) < 4.78 is 26.7. The summed E-state index contributed by atoms with van der Waals surface area (Å²) >= 11 is 1.12. The number of nitrogens with one attached hydrogen (secondary N) is 1. The first-order chi connectivity index (χ1) is 10.6. The van der Waals surface area contributed by atoms with Gasteiger partial charge in [0.1, 0.15) is 5.01 Å². The first kappa shape index (κ1) is 14.2. The zero-order valence-electron chi connectivity index (χ0n) is 11.0. The number of carbonyl (C=O) groups excluding carboxylic acids is 1. The van der Waals surface area contributed by atoms with E-state index in [9.17, 15) is 13.6 Å². The van der Waals surface area contributed by atoms with Crippen molar-refractivity contribution in [1.82, 2.24) is 15.2 Å². The van der Waals surface area contributed by atoms with Crippen LogP contribution in [0.4, 0.5) is 13.9 Å². The highest BCUT2D eigenvalue weighted by Crippen LogP contribution is 2.26. The zero-order valence-corrected chi connectivity index (χ0v) is 11.8. The number of aromatic nitrogens is 3. The number of anilines is 1. The number of carbonyl (C=O) groups is 1. The average molecular weight is 318 g/mol. The molecule has 0 spiro atoms. The summed E-state index contributed by atoms with van der Waals surface area (Å²) in [4.78, 5) is 15.8. The molecule has 3 aromatic rings. The van der Waals surface area contributed by atoms with Crippen molar-refractivity contribution in [3.8, 4) is 10.6 Å². The largest absolute Gasteiger partial charge is 0.296 e. The Bertz CT molecular complexity index is 823. The SMILES string of the molecule is O=C(Nc1nnc(-c2ccncc2)s1)c1cccc(F)c1F. The third-order valence-corrected chi connectivity index (χ3v) is 3.66. The number of hydrogen-bond acceptors (Lipinski definition) is 5. The molecule has 2 aromatic heterocycles. The van der Waals surface area contributed by atoms with E-state index in [0.29, 0.717) is 5.01 Å². The molecule has 0 saturated heterocycles. The smallest absolute Gasteiger partial charge is 0.260 e. The van der Waals surface area contributed by atoms with Crippen molar-refractivity contribution in [3.63, 3.8) is 0 Å². The maximum Gasteiger partial charge on any atom is 0.260 e. The predicted molar refractivity (Wildman–Crippen MR) is 77.5 cm³/mol. The number of rotatable bonds is 3. The molecule has 3 rings (SSSR count). The fraction of sp³-hybridized carbons (Fsp3) is 0. The van der Waals surface area contributed by atoms with Crippen LogP contribution in [0.1, 0.15) is 10.4 Å². The summed E-state index contributed by atoms with van der Waals surface area (Å²) in [5, 5.41) is 10.9. The van der Waals surface area contributed by atoms with Crippen molar-refractivity contribution < 1.29 is 13.6 Å². The Balaban J connectivity index is 1.81. The molecule has 1 N–H and O–H groups in total. The predicted octanol–water partition coefficient (Wildman–Crippen LogP) is 3.13. The van der Waals surface area contributed by atoms with Crippen molar-refractivity contribution in [2.75, 3.05) is 5.32 Å². The molecule has 110 valence electrons. The van der Waals surface area contributed by atoms with E-state index in [1.54, 1.807) is 24.5 Å². The number of halogens is 2. The van der Waals surface area contributed by atoms with Gasteiger partial charge in [-0.25, -0.2) is 8.78 Å². The molecule has 0 aliphatic heterocycles. The van der Waals surface area contributed by atoms with E-state index in [2.05, 4.69) is 20.5 Å². The summed E-state index contributed by atoms with van der Waals surface area (Å²) in [5.74, 6) is -3.06. The molecular weight excluding hydrogens is 310 g/mol. The van der Waals surface area contributed by atoms with Gasteiger partial charge in [-0.2, -0.15) is 0 Å². The van der Waals surface area contributed by atoms with Gasteiger partial charge in [-0.1, -0.05) is 17.4 Å². The first-order valence-electron chi connectivity index (χ1n) is 6.14. The van der Waals surface area contributed by atoms with Crippen molar-refractivity contribution in [2.24, 2.45) is 0 Å². The second-order valence-corrected chi connectivity index (χ2v) is 5.18. The van der Waals surface area contributed by atoms with Gasteiger partial charge in [0.25, 0.3) is 5.91 Å². The molecule has 0 bridgehead atoms. The summed E-state index contributed by atoms with van der Waals surface area (Å²) in [6, 6.07) is 6.89. The third-order valence-electron chi connectivity index (χ3n) is 2.77. The lowest BCUT2D eigenvalue weighted by molar-refractivity contribution is 0.102. The molecule has 2 heterocycles. The Hall–Kier alpha value is -2.74. The number of amides is 1. The molecule has 5 nitrogen and oxygen atoms in total. The number of benzene rings is 1. The summed E-state index contributed by atoms with van der Waals surface area (Å²) in [7, 11) is 0. The number of pyridine rings is 1. The molecule has 0 fully saturated rings. The van der Waals surface area contributed by atoms with E-state index >= 15 is 0 Å². The molecule has 0 aliphatic carbocycles. The molecule has 8 heteroatoms. The van der Waals surface area contributed by atoms with Crippen LogP contribution in [0.5, 0.6) is 0 Å². The quantitative estimate of drug-likeness (QED) is 0.805. The number of nitrogens with zero attached hydrogens (tertiary/aromatic N) is 3. The highest BCUT2D eigenvalue weighted by Gasteiger charge is 2.17. The Labute approximate surface area is 127 Å². The van der Waals surface area contributed by atoms with E-state index in [1.807, 2.05) is 0 Å². The second-order valence-electron chi connectivity index (χ2n) is 4.20. The van der Waals surface area contributed by atoms with Gasteiger partial charge in [0.2, 0.25) is 5.13 Å². The first-order valence-corrected chi connectivity index (χ1v) is 6.96. The summed E-state index contributed by atoms with van der Waals surface area (Å²) in [6.07, 6.45) is 3.22. The van der Waals surface area contributed by atoms with Crippen LogP contribution in [-0.4, -0.2) is 21.1 Å². The van der Waals surface area contributed by atoms with E-state index in [-0.39, 0.29) is 10.7 Å². The van der Waals surface area contributed by atoms with Gasteiger partial charge in [0.05, 0.1) is 5.56 Å². The van der Waals surface area contributed by atoms with Gasteiger partial charge >= 0.3 is 0 Å². The molecule has 0 radical (unpaired) electrons. The monoisotopic (exact) mass is 318 g/mol. The summed E-state index contributed by atoms with van der Waals surface area (Å²) in [6.45, 7) is 0. The third kappa shape index (κ3) is 2.82. The van der Waals surface area contributed by atoms with Gasteiger partial charge < -0.3 is 0 Å². The Morgan fingerprint density at radius 1 is 1.09 bits per heavy atom. The molecule has 0 aliphatic rings. The highest BCUT2D eigenvalue weighted by atomic mass is 32.1. The van der Waals surface area contributed by atoms with E-state index in [4.69, 9.17) is 0 Å². The van der Waals surface area contributed by atoms with Crippen LogP contribution < -0.4 is 5.32 Å². The van der Waals surface area contributed by atoms with E-state index < -0.39 is 17.5 Å². The lowest BCUT2D eigenvalue weighted by Gasteiger charge is -2.02. The Morgan fingerprint density at radius 2 is 1.86 bits per heavy atom. The van der Waals surface area contributed by atoms with Crippen molar-refractivity contribution in [2.45, 2.75) is 0 Å². The standard InChI is InChI=1S/C14H8F2N4OS/c15-10-3-1-2-9(11(10)16)12(21)18-14-20-19-13(22-14)8-4-6-17-7-5-8/h1-7H,(H,18,20,21). The minimum Gasteiger partial charge on any atom is -0.296 e. The van der Waals surface area contributed by atoms with Crippen LogP contribution in [0.2, 0.25) is 0 Å². The van der Waals surface area contributed by atoms with Gasteiger partial charge in [-0.3, -0.25) is 15.1 Å². The van der Waals surface area contributed by atoms with Gasteiger partial charge in [0.15, 0.2) is 11.6 Å². The van der Waals surface area contributed by atoms with E-state index in [0.717, 1.165) is 23.0 Å².